The summed E-state index contributed by atoms with van der Waals surface area (Å²) in [7, 11) is 0. The zero-order chi connectivity index (χ0) is 28.1. The van der Waals surface area contributed by atoms with E-state index < -0.39 is 41.7 Å². The number of aromatic nitrogens is 3. The Labute approximate surface area is 223 Å². The number of alkyl halides is 5. The number of carbonyl (C=O) groups excluding carboxylic acids is 2. The Bertz CT molecular complexity index is 1420. The van der Waals surface area contributed by atoms with Gasteiger partial charge in [-0.25, -0.2) is 23.7 Å². The molecule has 2 aromatic heterocycles. The van der Waals surface area contributed by atoms with Crippen molar-refractivity contribution in [2.24, 2.45) is 5.92 Å². The molecule has 0 spiro atoms. The maximum absolute atomic E-state index is 13.5. The summed E-state index contributed by atoms with van der Waals surface area (Å²) in [6, 6.07) is 2.24. The van der Waals surface area contributed by atoms with Gasteiger partial charge in [-0.1, -0.05) is 0 Å². The first-order valence-corrected chi connectivity index (χ1v) is 12.7. The highest BCUT2D eigenvalue weighted by Gasteiger charge is 2.47. The van der Waals surface area contributed by atoms with Crippen LogP contribution in [-0.2, 0) is 11.0 Å². The van der Waals surface area contributed by atoms with Gasteiger partial charge >= 0.3 is 6.18 Å². The van der Waals surface area contributed by atoms with Crippen molar-refractivity contribution < 1.29 is 36.3 Å². The van der Waals surface area contributed by atoms with E-state index in [0.717, 1.165) is 17.3 Å². The van der Waals surface area contributed by atoms with Crippen LogP contribution in [0.4, 0.5) is 27.6 Å². The first-order valence-electron chi connectivity index (χ1n) is 11.9. The molecule has 0 radical (unpaired) electrons. The van der Waals surface area contributed by atoms with Crippen LogP contribution in [-0.4, -0.2) is 45.8 Å². The first kappa shape index (κ1) is 26.9. The standard InChI is InChI=1S/C25H22F5N5O3S/c1-12-7-31-22(39-12)17-3-15(21(37)34-13(2)16-8-32-23(33-9-16)25(28,29)30)4-18-20(17)38-11-19(36)35(18)10-14-5-24(26,27)6-14/h3-4,7-9,13-14H,5-6,10-11H2,1-2H3,(H,34,37)/t13-/m1/s1. The van der Waals surface area contributed by atoms with Gasteiger partial charge in [0, 0.05) is 54.0 Å². The molecule has 1 aromatic carbocycles. The summed E-state index contributed by atoms with van der Waals surface area (Å²) in [5.74, 6) is -5.16. The van der Waals surface area contributed by atoms with E-state index in [2.05, 4.69) is 20.3 Å². The number of nitrogens with one attached hydrogen (secondary N) is 1. The van der Waals surface area contributed by atoms with Gasteiger partial charge in [-0.05, 0) is 31.9 Å². The summed E-state index contributed by atoms with van der Waals surface area (Å²) in [6.07, 6.45) is -1.75. The fourth-order valence-electron chi connectivity index (χ4n) is 4.52. The molecule has 1 saturated carbocycles. The van der Waals surface area contributed by atoms with Crippen LogP contribution in [0.2, 0.25) is 0 Å². The van der Waals surface area contributed by atoms with Crippen molar-refractivity contribution >= 4 is 28.8 Å². The highest BCUT2D eigenvalue weighted by molar-refractivity contribution is 7.15. The van der Waals surface area contributed by atoms with Crippen LogP contribution in [0.15, 0.2) is 30.7 Å². The molecule has 39 heavy (non-hydrogen) atoms. The Balaban J connectivity index is 1.47. The van der Waals surface area contributed by atoms with Crippen molar-refractivity contribution in [3.8, 4) is 16.3 Å². The number of fused-ring (bicyclic) bond motifs is 1. The second-order valence-corrected chi connectivity index (χ2v) is 10.8. The summed E-state index contributed by atoms with van der Waals surface area (Å²) < 4.78 is 71.1. The Morgan fingerprint density at radius 3 is 2.49 bits per heavy atom. The molecule has 14 heteroatoms. The molecule has 0 unspecified atom stereocenters. The number of rotatable bonds is 6. The van der Waals surface area contributed by atoms with Crippen molar-refractivity contribution in [3.63, 3.8) is 0 Å². The van der Waals surface area contributed by atoms with Gasteiger partial charge < -0.3 is 15.0 Å². The third-order valence-electron chi connectivity index (χ3n) is 6.50. The van der Waals surface area contributed by atoms with Crippen LogP contribution in [0.1, 0.15) is 52.4 Å². The van der Waals surface area contributed by atoms with Crippen molar-refractivity contribution in [2.75, 3.05) is 18.1 Å². The lowest BCUT2D eigenvalue weighted by atomic mass is 9.81. The van der Waals surface area contributed by atoms with Crippen LogP contribution in [0, 0.1) is 12.8 Å². The van der Waals surface area contributed by atoms with E-state index in [4.69, 9.17) is 4.74 Å². The Morgan fingerprint density at radius 1 is 1.21 bits per heavy atom. The fraction of sp³-hybridized carbons (Fsp3) is 0.400. The van der Waals surface area contributed by atoms with Gasteiger partial charge in [-0.3, -0.25) is 9.59 Å². The minimum absolute atomic E-state index is 0.0471. The second kappa shape index (κ2) is 9.81. The van der Waals surface area contributed by atoms with Gasteiger partial charge in [0.2, 0.25) is 11.7 Å². The molecule has 1 N–H and O–H groups in total. The predicted molar refractivity (Wildman–Crippen MR) is 131 cm³/mol. The summed E-state index contributed by atoms with van der Waals surface area (Å²) >= 11 is 1.35. The van der Waals surface area contributed by atoms with E-state index >= 15 is 0 Å². The van der Waals surface area contributed by atoms with Gasteiger partial charge in [-0.2, -0.15) is 13.2 Å². The number of thiazole rings is 1. The van der Waals surface area contributed by atoms with E-state index in [-0.39, 0.29) is 42.8 Å². The van der Waals surface area contributed by atoms with Gasteiger partial charge in [0.05, 0.1) is 17.3 Å². The summed E-state index contributed by atoms with van der Waals surface area (Å²) in [6.45, 7) is 3.17. The molecule has 3 heterocycles. The van der Waals surface area contributed by atoms with Crippen molar-refractivity contribution in [3.05, 3.63) is 52.6 Å². The average Bonchev–Trinajstić information content (AvgIpc) is 3.29. The Morgan fingerprint density at radius 2 is 1.90 bits per heavy atom. The molecule has 1 aliphatic carbocycles. The number of aryl methyl sites for hydroxylation is 1. The van der Waals surface area contributed by atoms with E-state index in [0.29, 0.717) is 16.3 Å². The molecular weight excluding hydrogens is 545 g/mol. The normalized spacial score (nSPS) is 17.7. The number of anilines is 1. The van der Waals surface area contributed by atoms with Crippen LogP contribution in [0.5, 0.6) is 5.75 Å². The van der Waals surface area contributed by atoms with Crippen molar-refractivity contribution in [1.82, 2.24) is 20.3 Å². The summed E-state index contributed by atoms with van der Waals surface area (Å²) in [5.41, 5.74) is 1.09. The monoisotopic (exact) mass is 567 g/mol. The molecule has 0 saturated heterocycles. The van der Waals surface area contributed by atoms with E-state index in [9.17, 15) is 31.5 Å². The average molecular weight is 568 g/mol. The molecule has 1 aliphatic heterocycles. The number of carbonyl (C=O) groups is 2. The number of amides is 2. The quantitative estimate of drug-likeness (QED) is 0.412. The van der Waals surface area contributed by atoms with Crippen LogP contribution < -0.4 is 15.0 Å². The van der Waals surface area contributed by atoms with E-state index in [1.165, 1.54) is 22.3 Å². The highest BCUT2D eigenvalue weighted by Crippen LogP contribution is 2.47. The van der Waals surface area contributed by atoms with Gasteiger partial charge in [0.15, 0.2) is 12.4 Å². The number of nitrogens with zero attached hydrogens (tertiary/aromatic N) is 4. The maximum atomic E-state index is 13.5. The maximum Gasteiger partial charge on any atom is 0.451 e. The van der Waals surface area contributed by atoms with Crippen molar-refractivity contribution in [2.45, 2.75) is 44.8 Å². The van der Waals surface area contributed by atoms with E-state index in [1.807, 2.05) is 6.92 Å². The summed E-state index contributed by atoms with van der Waals surface area (Å²) in [4.78, 5) is 39.4. The largest absolute Gasteiger partial charge is 0.481 e. The van der Waals surface area contributed by atoms with Gasteiger partial charge in [0.25, 0.3) is 11.8 Å². The van der Waals surface area contributed by atoms with Gasteiger partial charge in [-0.15, -0.1) is 11.3 Å². The summed E-state index contributed by atoms with van der Waals surface area (Å²) in [5, 5.41) is 3.23. The SMILES string of the molecule is Cc1cnc(-c2cc(C(=O)N[C@H](C)c3cnc(C(F)(F)F)nc3)cc3c2OCC(=O)N3CC2CC(F)(F)C2)s1. The lowest BCUT2D eigenvalue weighted by Gasteiger charge is -2.40. The second-order valence-electron chi connectivity index (χ2n) is 9.60. The number of ether oxygens (including phenoxy) is 1. The molecule has 0 bridgehead atoms. The molecule has 1 atom stereocenters. The third kappa shape index (κ3) is 5.56. The molecule has 2 amide bonds. The smallest absolute Gasteiger partial charge is 0.451 e. The molecule has 8 nitrogen and oxygen atoms in total. The van der Waals surface area contributed by atoms with E-state index in [1.54, 1.807) is 19.2 Å². The molecule has 5 rings (SSSR count). The number of hydrogen-bond acceptors (Lipinski definition) is 7. The molecule has 3 aromatic rings. The van der Waals surface area contributed by atoms with Crippen LogP contribution in [0.25, 0.3) is 10.6 Å². The molecule has 2 aliphatic rings. The Hall–Kier alpha value is -3.68. The predicted octanol–water partition coefficient (Wildman–Crippen LogP) is 5.19. The Kier molecular flexibility index (Phi) is 6.77. The zero-order valence-corrected chi connectivity index (χ0v) is 21.5. The lowest BCUT2D eigenvalue weighted by Crippen LogP contribution is -2.47. The number of benzene rings is 1. The minimum Gasteiger partial charge on any atom is -0.481 e. The zero-order valence-electron chi connectivity index (χ0n) is 20.7. The highest BCUT2D eigenvalue weighted by atomic mass is 32.1. The van der Waals surface area contributed by atoms with Crippen LogP contribution >= 0.6 is 11.3 Å². The minimum atomic E-state index is -4.69. The molecular formula is C25H22F5N5O3S. The lowest BCUT2D eigenvalue weighted by molar-refractivity contribution is -0.145. The number of hydrogen-bond donors (Lipinski definition) is 1. The van der Waals surface area contributed by atoms with Gasteiger partial charge in [0.1, 0.15) is 5.01 Å². The molecule has 206 valence electrons. The molecule has 1 fully saturated rings. The van der Waals surface area contributed by atoms with Crippen molar-refractivity contribution in [1.29, 1.82) is 0 Å². The van der Waals surface area contributed by atoms with Crippen LogP contribution in [0.3, 0.4) is 0 Å². The topological polar surface area (TPSA) is 97.3 Å². The fourth-order valence-corrected chi connectivity index (χ4v) is 5.30. The third-order valence-corrected chi connectivity index (χ3v) is 7.45. The first-order chi connectivity index (χ1) is 18.3. The number of halogens is 5.